The van der Waals surface area contributed by atoms with Crippen molar-refractivity contribution >= 4 is 34.4 Å². The van der Waals surface area contributed by atoms with Crippen LogP contribution in [-0.4, -0.2) is 36.8 Å². The third-order valence-corrected chi connectivity index (χ3v) is 4.46. The maximum absolute atomic E-state index is 12.2. The molecule has 2 heterocycles. The molecule has 0 bridgehead atoms. The molecule has 1 aliphatic rings. The van der Waals surface area contributed by atoms with E-state index in [0.29, 0.717) is 11.5 Å². The molecule has 2 amide bonds. The SMILES string of the molecule is Cc1nc2ccc(NC(=O)Cn3cc(NC(=O)C4CCC4)nn3)cc2[nH]1. The number of anilines is 2. The smallest absolute Gasteiger partial charge is 0.246 e. The number of benzene rings is 1. The lowest BCUT2D eigenvalue weighted by molar-refractivity contribution is -0.122. The summed E-state index contributed by atoms with van der Waals surface area (Å²) in [5, 5.41) is 13.3. The Balaban J connectivity index is 1.35. The summed E-state index contributed by atoms with van der Waals surface area (Å²) in [6.07, 6.45) is 4.48. The van der Waals surface area contributed by atoms with Gasteiger partial charge >= 0.3 is 0 Å². The van der Waals surface area contributed by atoms with Crippen LogP contribution in [0.2, 0.25) is 0 Å². The molecule has 0 atom stereocenters. The first kappa shape index (κ1) is 16.2. The third kappa shape index (κ3) is 3.41. The Kier molecular flexibility index (Phi) is 4.11. The van der Waals surface area contributed by atoms with E-state index in [9.17, 15) is 9.59 Å². The van der Waals surface area contributed by atoms with Crippen LogP contribution in [0.25, 0.3) is 11.0 Å². The van der Waals surface area contributed by atoms with Gasteiger partial charge in [0.15, 0.2) is 5.82 Å². The Morgan fingerprint density at radius 3 is 2.92 bits per heavy atom. The Morgan fingerprint density at radius 1 is 1.31 bits per heavy atom. The molecule has 1 aromatic carbocycles. The first-order valence-corrected chi connectivity index (χ1v) is 8.54. The number of carbonyl (C=O) groups is 2. The summed E-state index contributed by atoms with van der Waals surface area (Å²) >= 11 is 0. The lowest BCUT2D eigenvalue weighted by atomic mass is 9.85. The molecule has 1 aliphatic carbocycles. The minimum Gasteiger partial charge on any atom is -0.342 e. The van der Waals surface area contributed by atoms with E-state index in [1.807, 2.05) is 19.1 Å². The molecule has 3 aromatic rings. The highest BCUT2D eigenvalue weighted by atomic mass is 16.2. The van der Waals surface area contributed by atoms with E-state index in [1.165, 1.54) is 4.68 Å². The van der Waals surface area contributed by atoms with E-state index in [0.717, 1.165) is 36.1 Å². The summed E-state index contributed by atoms with van der Waals surface area (Å²) in [5.41, 5.74) is 2.38. The molecule has 4 rings (SSSR count). The van der Waals surface area contributed by atoms with Gasteiger partial charge in [-0.15, -0.1) is 5.10 Å². The number of carbonyl (C=O) groups excluding carboxylic acids is 2. The second-order valence-electron chi connectivity index (χ2n) is 6.52. The van der Waals surface area contributed by atoms with Crippen LogP contribution in [0.3, 0.4) is 0 Å². The molecule has 26 heavy (non-hydrogen) atoms. The number of nitrogens with zero attached hydrogens (tertiary/aromatic N) is 4. The molecule has 0 saturated heterocycles. The molecule has 0 unspecified atom stereocenters. The van der Waals surface area contributed by atoms with Crippen molar-refractivity contribution < 1.29 is 9.59 Å². The lowest BCUT2D eigenvalue weighted by Crippen LogP contribution is -2.28. The van der Waals surface area contributed by atoms with Gasteiger partial charge in [-0.2, -0.15) is 0 Å². The predicted octanol–water partition coefficient (Wildman–Crippen LogP) is 1.84. The van der Waals surface area contributed by atoms with Crippen LogP contribution in [0.15, 0.2) is 24.4 Å². The van der Waals surface area contributed by atoms with Crippen molar-refractivity contribution in [2.75, 3.05) is 10.6 Å². The van der Waals surface area contributed by atoms with Gasteiger partial charge < -0.3 is 15.6 Å². The number of amides is 2. The van der Waals surface area contributed by atoms with Gasteiger partial charge in [-0.1, -0.05) is 11.6 Å². The second kappa shape index (κ2) is 6.58. The first-order valence-electron chi connectivity index (χ1n) is 8.54. The standard InChI is InChI=1S/C17H19N7O2/c1-10-18-13-6-5-12(7-14(13)19-10)20-16(25)9-24-8-15(22-23-24)21-17(26)11-3-2-4-11/h5-8,11H,2-4,9H2,1H3,(H,18,19)(H,20,25)(H,21,26). The summed E-state index contributed by atoms with van der Waals surface area (Å²) in [6.45, 7) is 1.89. The molecular formula is C17H19N7O2. The molecule has 9 nitrogen and oxygen atoms in total. The van der Waals surface area contributed by atoms with Gasteiger partial charge in [0.1, 0.15) is 12.4 Å². The van der Waals surface area contributed by atoms with Crippen molar-refractivity contribution in [2.45, 2.75) is 32.7 Å². The molecule has 3 N–H and O–H groups in total. The van der Waals surface area contributed by atoms with Crippen molar-refractivity contribution in [3.63, 3.8) is 0 Å². The molecule has 2 aromatic heterocycles. The molecular weight excluding hydrogens is 334 g/mol. The Morgan fingerprint density at radius 2 is 2.15 bits per heavy atom. The summed E-state index contributed by atoms with van der Waals surface area (Å²) in [6, 6.07) is 5.48. The van der Waals surface area contributed by atoms with Crippen molar-refractivity contribution in [1.29, 1.82) is 0 Å². The van der Waals surface area contributed by atoms with Crippen molar-refractivity contribution in [3.8, 4) is 0 Å². The van der Waals surface area contributed by atoms with Crippen LogP contribution in [0, 0.1) is 12.8 Å². The highest BCUT2D eigenvalue weighted by Crippen LogP contribution is 2.27. The van der Waals surface area contributed by atoms with Crippen LogP contribution >= 0.6 is 0 Å². The first-order chi connectivity index (χ1) is 12.6. The molecule has 9 heteroatoms. The normalized spacial score (nSPS) is 14.2. The summed E-state index contributed by atoms with van der Waals surface area (Å²) < 4.78 is 1.39. The van der Waals surface area contributed by atoms with Crippen LogP contribution in [0.1, 0.15) is 25.1 Å². The second-order valence-corrected chi connectivity index (χ2v) is 6.52. The van der Waals surface area contributed by atoms with Gasteiger partial charge in [-0.25, -0.2) is 9.67 Å². The monoisotopic (exact) mass is 353 g/mol. The number of aryl methyl sites for hydroxylation is 1. The number of H-pyrrole nitrogens is 1. The number of aromatic amines is 1. The van der Waals surface area contributed by atoms with Gasteiger partial charge in [0, 0.05) is 11.6 Å². The van der Waals surface area contributed by atoms with Gasteiger partial charge in [0.05, 0.1) is 17.2 Å². The quantitative estimate of drug-likeness (QED) is 0.647. The fourth-order valence-electron chi connectivity index (χ4n) is 2.89. The van der Waals surface area contributed by atoms with Crippen LogP contribution in [0.4, 0.5) is 11.5 Å². The largest absolute Gasteiger partial charge is 0.342 e. The van der Waals surface area contributed by atoms with Crippen LogP contribution < -0.4 is 10.6 Å². The highest BCUT2D eigenvalue weighted by Gasteiger charge is 2.25. The topological polar surface area (TPSA) is 118 Å². The number of aromatic nitrogens is 5. The molecule has 134 valence electrons. The fraction of sp³-hybridized carbons (Fsp3) is 0.353. The van der Waals surface area contributed by atoms with Gasteiger partial charge in [0.25, 0.3) is 0 Å². The van der Waals surface area contributed by atoms with Gasteiger partial charge in [-0.05, 0) is 38.0 Å². The van der Waals surface area contributed by atoms with E-state index in [-0.39, 0.29) is 24.3 Å². The average Bonchev–Trinajstić information content (AvgIpc) is 3.10. The maximum Gasteiger partial charge on any atom is 0.246 e. The molecule has 0 radical (unpaired) electrons. The Labute approximate surface area is 149 Å². The van der Waals surface area contributed by atoms with Crippen molar-refractivity contribution in [2.24, 2.45) is 5.92 Å². The van der Waals surface area contributed by atoms with Crippen LogP contribution in [0.5, 0.6) is 0 Å². The van der Waals surface area contributed by atoms with Gasteiger partial charge in [0.2, 0.25) is 11.8 Å². The van der Waals surface area contributed by atoms with Crippen molar-refractivity contribution in [1.82, 2.24) is 25.0 Å². The molecule has 0 spiro atoms. The fourth-order valence-corrected chi connectivity index (χ4v) is 2.89. The number of imidazole rings is 1. The van der Waals surface area contributed by atoms with E-state index < -0.39 is 0 Å². The van der Waals surface area contributed by atoms with E-state index in [2.05, 4.69) is 30.9 Å². The minimum absolute atomic E-state index is 0.00629. The Hall–Kier alpha value is -3.23. The predicted molar refractivity (Wildman–Crippen MR) is 95.5 cm³/mol. The van der Waals surface area contributed by atoms with Crippen LogP contribution in [-0.2, 0) is 16.1 Å². The van der Waals surface area contributed by atoms with E-state index in [1.54, 1.807) is 12.3 Å². The third-order valence-electron chi connectivity index (χ3n) is 4.46. The van der Waals surface area contributed by atoms with E-state index >= 15 is 0 Å². The minimum atomic E-state index is -0.234. The van der Waals surface area contributed by atoms with Crippen molar-refractivity contribution in [3.05, 3.63) is 30.2 Å². The zero-order valence-corrected chi connectivity index (χ0v) is 14.3. The lowest BCUT2D eigenvalue weighted by Gasteiger charge is -2.23. The zero-order chi connectivity index (χ0) is 18.1. The average molecular weight is 353 g/mol. The zero-order valence-electron chi connectivity index (χ0n) is 14.3. The number of hydrogen-bond donors (Lipinski definition) is 3. The molecule has 0 aliphatic heterocycles. The summed E-state index contributed by atoms with van der Waals surface area (Å²) in [5.74, 6) is 0.995. The summed E-state index contributed by atoms with van der Waals surface area (Å²) in [7, 11) is 0. The Bertz CT molecular complexity index is 971. The number of nitrogens with one attached hydrogen (secondary N) is 3. The molecule has 1 fully saturated rings. The molecule has 1 saturated carbocycles. The van der Waals surface area contributed by atoms with Gasteiger partial charge in [-0.3, -0.25) is 9.59 Å². The highest BCUT2D eigenvalue weighted by molar-refractivity contribution is 5.93. The number of fused-ring (bicyclic) bond motifs is 1. The number of rotatable bonds is 5. The van der Waals surface area contributed by atoms with E-state index in [4.69, 9.17) is 0 Å². The maximum atomic E-state index is 12.2. The number of hydrogen-bond acceptors (Lipinski definition) is 5. The summed E-state index contributed by atoms with van der Waals surface area (Å²) in [4.78, 5) is 31.6.